The number of nitrogens with zero attached hydrogens (tertiary/aromatic N) is 2. The second-order valence-electron chi connectivity index (χ2n) is 12.3. The largest absolute Gasteiger partial charge is 0.463 e. The van der Waals surface area contributed by atoms with Crippen LogP contribution in [0.15, 0.2) is 71.4 Å². The zero-order chi connectivity index (χ0) is 33.1. The number of hydrogen-bond acceptors (Lipinski definition) is 9. The summed E-state index contributed by atoms with van der Waals surface area (Å²) in [6, 6.07) is 9.86. The monoisotopic (exact) mass is 628 g/mol. The van der Waals surface area contributed by atoms with Crippen molar-refractivity contribution in [1.82, 2.24) is 15.6 Å². The Bertz CT molecular complexity index is 1590. The third kappa shape index (κ3) is 6.09. The second-order valence-corrected chi connectivity index (χ2v) is 12.3. The number of ether oxygens (including phenoxy) is 2. The highest BCUT2D eigenvalue weighted by Gasteiger charge is 2.85. The van der Waals surface area contributed by atoms with Crippen molar-refractivity contribution in [3.05, 3.63) is 83.1 Å². The molecule has 6 atom stereocenters. The van der Waals surface area contributed by atoms with E-state index in [9.17, 15) is 14.4 Å². The standard InChI is InChI=1S/C35H44N6O5/c1-5-22-11-12-27(39-6-2)24(18-22)20-45-32(44)35-31(43)26-10-8-7-9-25(26)30(42)34(35,46-35)15-13-21(3)17-28(41-33(37)38-4)23-14-16-40-29(36)19-23/h7-14,16,19,22,24,27-28,39H,5-6,15,17-18,20H2,1-4H3,(H2,36,40)(H3,37,38,41). The molecule has 1 fully saturated rings. The Hall–Kier alpha value is -4.35. The molecule has 1 aliphatic heterocycles. The van der Waals surface area contributed by atoms with E-state index in [2.05, 4.69) is 39.7 Å². The molecular weight excluding hydrogens is 584 g/mol. The molecule has 11 heteroatoms. The molecule has 244 valence electrons. The topological polar surface area (TPSA) is 174 Å². The highest BCUT2D eigenvalue weighted by molar-refractivity contribution is 6.32. The molecular formula is C35H44N6O5. The number of carbonyl (C=O) groups excluding carboxylic acids is 3. The molecule has 0 amide bonds. The molecule has 5 rings (SSSR count). The van der Waals surface area contributed by atoms with Crippen molar-refractivity contribution in [3.63, 3.8) is 0 Å². The van der Waals surface area contributed by atoms with Crippen molar-refractivity contribution in [2.45, 2.75) is 69.7 Å². The van der Waals surface area contributed by atoms with Gasteiger partial charge >= 0.3 is 5.97 Å². The number of epoxide rings is 1. The van der Waals surface area contributed by atoms with Crippen LogP contribution in [0.5, 0.6) is 0 Å². The van der Waals surface area contributed by atoms with E-state index in [0.717, 1.165) is 30.5 Å². The fraction of sp³-hybridized carbons (Fsp3) is 0.457. The van der Waals surface area contributed by atoms with E-state index in [1.54, 1.807) is 43.6 Å². The number of Topliss-reactive ketones (excluding diaryl/α,β-unsaturated/α-hetero) is 2. The number of allylic oxidation sites excluding steroid dienone is 1. The zero-order valence-electron chi connectivity index (χ0n) is 26.9. The van der Waals surface area contributed by atoms with Gasteiger partial charge in [0, 0.05) is 42.8 Å². The third-order valence-corrected chi connectivity index (χ3v) is 9.38. The Morgan fingerprint density at radius 1 is 1.20 bits per heavy atom. The number of aromatic nitrogens is 1. The minimum Gasteiger partial charge on any atom is -0.463 e. The normalized spacial score (nSPS) is 27.9. The number of likely N-dealkylation sites (N-methyl/N-ethyl adjacent to an activating group) is 1. The lowest BCUT2D eigenvalue weighted by Gasteiger charge is -2.32. The van der Waals surface area contributed by atoms with Crippen molar-refractivity contribution >= 4 is 29.3 Å². The van der Waals surface area contributed by atoms with Gasteiger partial charge in [-0.25, -0.2) is 9.78 Å². The van der Waals surface area contributed by atoms with Gasteiger partial charge in [0.1, 0.15) is 5.82 Å². The molecule has 6 N–H and O–H groups in total. The first-order valence-electron chi connectivity index (χ1n) is 15.9. The van der Waals surface area contributed by atoms with Crippen LogP contribution in [0.25, 0.3) is 0 Å². The summed E-state index contributed by atoms with van der Waals surface area (Å²) in [5.41, 5.74) is 10.4. The van der Waals surface area contributed by atoms with Crippen LogP contribution in [0.2, 0.25) is 0 Å². The average Bonchev–Trinajstić information content (AvgIpc) is 3.77. The summed E-state index contributed by atoms with van der Waals surface area (Å²) in [5.74, 6) is -0.746. The molecule has 0 radical (unpaired) electrons. The smallest absolute Gasteiger partial charge is 0.350 e. The number of anilines is 1. The first kappa shape index (κ1) is 33.0. The predicted octanol–water partition coefficient (Wildman–Crippen LogP) is 3.68. The molecule has 2 heterocycles. The zero-order valence-corrected chi connectivity index (χ0v) is 26.9. The van der Waals surface area contributed by atoms with Gasteiger partial charge in [-0.3, -0.25) is 14.6 Å². The molecule has 2 aromatic rings. The number of esters is 1. The summed E-state index contributed by atoms with van der Waals surface area (Å²) in [7, 11) is 1.59. The summed E-state index contributed by atoms with van der Waals surface area (Å²) in [4.78, 5) is 50.1. The lowest BCUT2D eigenvalue weighted by atomic mass is 9.72. The van der Waals surface area contributed by atoms with Crippen LogP contribution in [0.1, 0.15) is 78.8 Å². The molecule has 1 aromatic heterocycles. The van der Waals surface area contributed by atoms with Crippen molar-refractivity contribution < 1.29 is 23.9 Å². The molecule has 0 spiro atoms. The third-order valence-electron chi connectivity index (χ3n) is 9.38. The number of nitrogen functional groups attached to an aromatic ring is 1. The molecule has 2 aliphatic carbocycles. The average molecular weight is 629 g/mol. The van der Waals surface area contributed by atoms with Crippen molar-refractivity contribution in [2.24, 2.45) is 22.6 Å². The highest BCUT2D eigenvalue weighted by Crippen LogP contribution is 2.58. The van der Waals surface area contributed by atoms with E-state index >= 15 is 0 Å². The minimum absolute atomic E-state index is 0.0134. The van der Waals surface area contributed by atoms with Crippen molar-refractivity contribution in [1.29, 1.82) is 0 Å². The lowest BCUT2D eigenvalue weighted by Crippen LogP contribution is -2.51. The van der Waals surface area contributed by atoms with Crippen LogP contribution in [0.3, 0.4) is 0 Å². The molecule has 6 unspecified atom stereocenters. The molecule has 0 saturated carbocycles. The van der Waals surface area contributed by atoms with Gasteiger partial charge in [-0.2, -0.15) is 0 Å². The molecule has 3 aliphatic rings. The maximum absolute atomic E-state index is 14.0. The molecule has 11 nitrogen and oxygen atoms in total. The summed E-state index contributed by atoms with van der Waals surface area (Å²) >= 11 is 0. The van der Waals surface area contributed by atoms with E-state index in [0.29, 0.717) is 18.2 Å². The Labute approximate surface area is 269 Å². The number of rotatable bonds is 12. The van der Waals surface area contributed by atoms with Gasteiger partial charge in [0.05, 0.1) is 12.6 Å². The lowest BCUT2D eigenvalue weighted by molar-refractivity contribution is -0.149. The van der Waals surface area contributed by atoms with Gasteiger partial charge in [0.25, 0.3) is 5.60 Å². The fourth-order valence-corrected chi connectivity index (χ4v) is 6.71. The number of nitrogens with two attached hydrogens (primary N) is 2. The molecule has 1 aromatic carbocycles. The number of benzene rings is 1. The fourth-order valence-electron chi connectivity index (χ4n) is 6.71. The summed E-state index contributed by atoms with van der Waals surface area (Å²) in [6.07, 6.45) is 10.1. The van der Waals surface area contributed by atoms with Gasteiger partial charge in [0.2, 0.25) is 5.78 Å². The number of carbonyl (C=O) groups is 3. The Kier molecular flexibility index (Phi) is 9.74. The van der Waals surface area contributed by atoms with Crippen LogP contribution in [-0.2, 0) is 14.3 Å². The van der Waals surface area contributed by atoms with E-state index in [1.807, 2.05) is 26.0 Å². The van der Waals surface area contributed by atoms with Gasteiger partial charge in [-0.15, -0.1) is 0 Å². The number of nitrogens with one attached hydrogen (secondary N) is 2. The number of fused-ring (bicyclic) bond motifs is 2. The van der Waals surface area contributed by atoms with Crippen LogP contribution >= 0.6 is 0 Å². The second kappa shape index (κ2) is 13.6. The maximum atomic E-state index is 14.0. The first-order valence-corrected chi connectivity index (χ1v) is 15.9. The first-order chi connectivity index (χ1) is 22.1. The van der Waals surface area contributed by atoms with Crippen molar-refractivity contribution in [3.8, 4) is 0 Å². The van der Waals surface area contributed by atoms with E-state index in [-0.39, 0.29) is 48.1 Å². The van der Waals surface area contributed by atoms with Crippen LogP contribution in [-0.4, -0.2) is 65.9 Å². The summed E-state index contributed by atoms with van der Waals surface area (Å²) in [5, 5.41) is 6.64. The summed E-state index contributed by atoms with van der Waals surface area (Å²) < 4.78 is 12.0. The van der Waals surface area contributed by atoms with E-state index in [1.165, 1.54) is 0 Å². The Morgan fingerprint density at radius 3 is 2.61 bits per heavy atom. The van der Waals surface area contributed by atoms with Crippen LogP contribution in [0.4, 0.5) is 5.82 Å². The van der Waals surface area contributed by atoms with E-state index < -0.39 is 28.7 Å². The Balaban J connectivity index is 1.40. The highest BCUT2D eigenvalue weighted by atomic mass is 16.7. The van der Waals surface area contributed by atoms with Crippen LogP contribution in [0, 0.1) is 11.8 Å². The number of ketones is 2. The van der Waals surface area contributed by atoms with Crippen LogP contribution < -0.4 is 22.1 Å². The van der Waals surface area contributed by atoms with E-state index in [4.69, 9.17) is 20.9 Å². The number of guanidine groups is 1. The van der Waals surface area contributed by atoms with Crippen molar-refractivity contribution in [2.75, 3.05) is 25.9 Å². The molecule has 0 bridgehead atoms. The quantitative estimate of drug-likeness (QED) is 0.0678. The van der Waals surface area contributed by atoms with Gasteiger partial charge in [-0.1, -0.05) is 61.9 Å². The number of aliphatic imine (C=N–C) groups is 1. The Morgan fingerprint density at radius 2 is 1.93 bits per heavy atom. The maximum Gasteiger partial charge on any atom is 0.350 e. The summed E-state index contributed by atoms with van der Waals surface area (Å²) in [6.45, 7) is 6.95. The van der Waals surface area contributed by atoms with Gasteiger partial charge < -0.3 is 31.6 Å². The predicted molar refractivity (Wildman–Crippen MR) is 176 cm³/mol. The van der Waals surface area contributed by atoms with Gasteiger partial charge in [-0.05, 0) is 56.3 Å². The number of pyridine rings is 1. The molecule has 1 saturated heterocycles. The molecule has 46 heavy (non-hydrogen) atoms. The SMILES string of the molecule is CCNC1C=CC(CC)CC1COC(=O)C12OC1(CC=C(C)CC(NC(N)=NC)c1ccnc(N)c1)C(=O)c1ccccc1C2=O. The minimum atomic E-state index is -2.03. The number of hydrogen-bond donors (Lipinski definition) is 4. The van der Waals surface area contributed by atoms with Gasteiger partial charge in [0.15, 0.2) is 17.3 Å².